The summed E-state index contributed by atoms with van der Waals surface area (Å²) in [6, 6.07) is 7.88. The van der Waals surface area contributed by atoms with Crippen LogP contribution in [0.3, 0.4) is 0 Å². The van der Waals surface area contributed by atoms with Crippen LogP contribution < -0.4 is 10.5 Å². The number of imidazole rings is 1. The van der Waals surface area contributed by atoms with Crippen LogP contribution in [0.4, 0.5) is 5.82 Å². The van der Waals surface area contributed by atoms with Crippen molar-refractivity contribution in [2.75, 3.05) is 25.9 Å². The van der Waals surface area contributed by atoms with Gasteiger partial charge in [-0.05, 0) is 49.4 Å². The maximum Gasteiger partial charge on any atom is 0.219 e. The molecule has 10 nitrogen and oxygen atoms in total. The molecule has 4 aromatic rings. The Morgan fingerprint density at radius 3 is 2.80 bits per heavy atom. The number of nitrogens with zero attached hydrogens (tertiary/aromatic N) is 6. The zero-order valence-electron chi connectivity index (χ0n) is 19.8. The molecule has 3 N–H and O–H groups in total. The third-order valence-corrected chi connectivity index (χ3v) is 7.58. The molecule has 0 radical (unpaired) electrons. The second kappa shape index (κ2) is 9.95. The van der Waals surface area contributed by atoms with Crippen LogP contribution in [0.5, 0.6) is 5.75 Å². The Hall–Kier alpha value is -3.60. The number of hydrogen-bond donors (Lipinski definition) is 2. The monoisotopic (exact) mass is 492 g/mol. The predicted octanol–water partition coefficient (Wildman–Crippen LogP) is 3.61. The van der Waals surface area contributed by atoms with E-state index in [9.17, 15) is 4.79 Å². The molecule has 0 saturated carbocycles. The van der Waals surface area contributed by atoms with Gasteiger partial charge < -0.3 is 19.9 Å². The first-order chi connectivity index (χ1) is 17.0. The summed E-state index contributed by atoms with van der Waals surface area (Å²) in [4.78, 5) is 28.1. The third kappa shape index (κ3) is 4.81. The molecule has 11 heteroatoms. The van der Waals surface area contributed by atoms with Crippen molar-refractivity contribution in [2.45, 2.75) is 42.8 Å². The number of nitrogens with two attached hydrogens (primary N) is 1. The van der Waals surface area contributed by atoms with Crippen LogP contribution in [0.1, 0.15) is 26.2 Å². The summed E-state index contributed by atoms with van der Waals surface area (Å²) in [6.07, 6.45) is 6.20. The maximum atomic E-state index is 11.7. The molecule has 35 heavy (non-hydrogen) atoms. The summed E-state index contributed by atoms with van der Waals surface area (Å²) >= 11 is 1.54. The normalized spacial score (nSPS) is 14.5. The number of rotatable bonds is 7. The molecular formula is C24H28N8O2S. The minimum absolute atomic E-state index is 0.154. The molecule has 1 saturated heterocycles. The number of carbonyl (C=O) groups excluding carboxylic acids is 1. The molecule has 1 aliphatic heterocycles. The SMILES string of the molecule is COc1ccc(-c2ccn[nH]2)c(Sc2nc3c(N)ncnc3n2CCC2CCN(C(C)=O)CC2)c1. The number of aromatic nitrogens is 6. The first kappa shape index (κ1) is 23.2. The van der Waals surface area contributed by atoms with Crippen molar-refractivity contribution in [1.29, 1.82) is 0 Å². The van der Waals surface area contributed by atoms with Gasteiger partial charge in [-0.1, -0.05) is 11.8 Å². The lowest BCUT2D eigenvalue weighted by Gasteiger charge is -2.31. The van der Waals surface area contributed by atoms with Gasteiger partial charge in [0.2, 0.25) is 5.91 Å². The molecule has 1 aromatic carbocycles. The highest BCUT2D eigenvalue weighted by atomic mass is 32.2. The van der Waals surface area contributed by atoms with E-state index in [1.807, 2.05) is 29.2 Å². The number of hydrogen-bond acceptors (Lipinski definition) is 8. The van der Waals surface area contributed by atoms with Gasteiger partial charge in [-0.25, -0.2) is 15.0 Å². The molecular weight excluding hydrogens is 464 g/mol. The Labute approximate surface area is 207 Å². The van der Waals surface area contributed by atoms with E-state index in [4.69, 9.17) is 15.5 Å². The van der Waals surface area contributed by atoms with Crippen molar-refractivity contribution < 1.29 is 9.53 Å². The van der Waals surface area contributed by atoms with E-state index in [-0.39, 0.29) is 5.91 Å². The molecule has 0 atom stereocenters. The van der Waals surface area contributed by atoms with E-state index in [0.717, 1.165) is 71.6 Å². The van der Waals surface area contributed by atoms with Gasteiger partial charge in [0.15, 0.2) is 22.1 Å². The minimum Gasteiger partial charge on any atom is -0.497 e. The number of amides is 1. The molecule has 1 amide bonds. The van der Waals surface area contributed by atoms with Gasteiger partial charge in [0.25, 0.3) is 0 Å². The van der Waals surface area contributed by atoms with Gasteiger partial charge in [0.05, 0.1) is 12.8 Å². The fourth-order valence-corrected chi connectivity index (χ4v) is 5.59. The van der Waals surface area contributed by atoms with E-state index < -0.39 is 0 Å². The van der Waals surface area contributed by atoms with E-state index >= 15 is 0 Å². The Morgan fingerprint density at radius 2 is 2.09 bits per heavy atom. The topological polar surface area (TPSA) is 128 Å². The fraction of sp³-hybridized carbons (Fsp3) is 0.375. The molecule has 1 fully saturated rings. The van der Waals surface area contributed by atoms with Crippen LogP contribution in [0, 0.1) is 5.92 Å². The summed E-state index contributed by atoms with van der Waals surface area (Å²) in [5.41, 5.74) is 9.41. The number of nitrogen functional groups attached to an aromatic ring is 1. The number of carbonyl (C=O) groups is 1. The minimum atomic E-state index is 0.154. The molecule has 5 rings (SSSR count). The van der Waals surface area contributed by atoms with Crippen molar-refractivity contribution in [2.24, 2.45) is 5.92 Å². The largest absolute Gasteiger partial charge is 0.497 e. The number of H-pyrrole nitrogens is 1. The number of nitrogens with one attached hydrogen (secondary N) is 1. The molecule has 1 aliphatic rings. The third-order valence-electron chi connectivity index (χ3n) is 6.53. The van der Waals surface area contributed by atoms with Crippen LogP contribution in [-0.2, 0) is 11.3 Å². The van der Waals surface area contributed by atoms with Crippen LogP contribution >= 0.6 is 11.8 Å². The van der Waals surface area contributed by atoms with Gasteiger partial charge >= 0.3 is 0 Å². The predicted molar refractivity (Wildman–Crippen MR) is 134 cm³/mol. The highest BCUT2D eigenvalue weighted by Crippen LogP contribution is 2.39. The zero-order valence-corrected chi connectivity index (χ0v) is 20.6. The second-order valence-electron chi connectivity index (χ2n) is 8.65. The highest BCUT2D eigenvalue weighted by Gasteiger charge is 2.23. The van der Waals surface area contributed by atoms with Crippen LogP contribution in [0.2, 0.25) is 0 Å². The zero-order chi connectivity index (χ0) is 24.4. The van der Waals surface area contributed by atoms with E-state index in [1.54, 1.807) is 32.0 Å². The number of piperidine rings is 1. The summed E-state index contributed by atoms with van der Waals surface area (Å²) in [6.45, 7) is 4.03. The van der Waals surface area contributed by atoms with Gasteiger partial charge in [-0.2, -0.15) is 5.10 Å². The number of aromatic amines is 1. The average Bonchev–Trinajstić information content (AvgIpc) is 3.52. The first-order valence-electron chi connectivity index (χ1n) is 11.6. The fourth-order valence-electron chi connectivity index (χ4n) is 4.50. The van der Waals surface area contributed by atoms with Crippen molar-refractivity contribution >= 4 is 34.7 Å². The summed E-state index contributed by atoms with van der Waals surface area (Å²) in [5.74, 6) is 1.82. The Balaban J connectivity index is 1.46. The molecule has 182 valence electrons. The summed E-state index contributed by atoms with van der Waals surface area (Å²) in [7, 11) is 1.66. The first-order valence-corrected chi connectivity index (χ1v) is 12.4. The summed E-state index contributed by atoms with van der Waals surface area (Å²) < 4.78 is 7.62. The number of methoxy groups -OCH3 is 1. The lowest BCUT2D eigenvalue weighted by atomic mass is 9.93. The van der Waals surface area contributed by atoms with Gasteiger partial charge in [0, 0.05) is 43.2 Å². The van der Waals surface area contributed by atoms with E-state index in [1.165, 1.54) is 6.33 Å². The average molecular weight is 493 g/mol. The number of anilines is 1. The smallest absolute Gasteiger partial charge is 0.219 e. The van der Waals surface area contributed by atoms with Crippen molar-refractivity contribution in [3.8, 4) is 17.0 Å². The lowest BCUT2D eigenvalue weighted by Crippen LogP contribution is -2.37. The van der Waals surface area contributed by atoms with Crippen molar-refractivity contribution in [1.82, 2.24) is 34.6 Å². The number of aryl methyl sites for hydroxylation is 1. The van der Waals surface area contributed by atoms with Crippen molar-refractivity contribution in [3.63, 3.8) is 0 Å². The van der Waals surface area contributed by atoms with E-state index in [0.29, 0.717) is 17.3 Å². The van der Waals surface area contributed by atoms with Crippen LogP contribution in [0.15, 0.2) is 46.8 Å². The number of fused-ring (bicyclic) bond motifs is 1. The second-order valence-corrected chi connectivity index (χ2v) is 9.66. The van der Waals surface area contributed by atoms with Crippen molar-refractivity contribution in [3.05, 3.63) is 36.8 Å². The van der Waals surface area contributed by atoms with Gasteiger partial charge in [0.1, 0.15) is 12.1 Å². The number of ether oxygens (including phenoxy) is 1. The molecule has 0 spiro atoms. The Kier molecular flexibility index (Phi) is 6.58. The van der Waals surface area contributed by atoms with Crippen LogP contribution in [-0.4, -0.2) is 60.7 Å². The standard InChI is InChI=1S/C24H28N8O2S/c1-15(33)31-10-6-16(7-11-31)8-12-32-23-21(22(25)26-14-27-23)29-24(32)35-20-13-17(34-2)3-4-18(20)19-5-9-28-30-19/h3-5,9,13-14,16H,6-8,10-12H2,1-2H3,(H,28,30)(H2,25,26,27). The quantitative estimate of drug-likeness (QED) is 0.400. The Morgan fingerprint density at radius 1 is 1.26 bits per heavy atom. The molecule has 0 bridgehead atoms. The molecule has 0 aliphatic carbocycles. The summed E-state index contributed by atoms with van der Waals surface area (Å²) in [5, 5.41) is 7.94. The van der Waals surface area contributed by atoms with Gasteiger partial charge in [-0.3, -0.25) is 9.89 Å². The number of likely N-dealkylation sites (tertiary alicyclic amines) is 1. The molecule has 0 unspecified atom stereocenters. The Bertz CT molecular complexity index is 1330. The van der Waals surface area contributed by atoms with Crippen LogP contribution in [0.25, 0.3) is 22.4 Å². The molecule has 4 heterocycles. The van der Waals surface area contributed by atoms with E-state index in [2.05, 4.69) is 24.7 Å². The van der Waals surface area contributed by atoms with Gasteiger partial charge in [-0.15, -0.1) is 0 Å². The number of benzene rings is 1. The highest BCUT2D eigenvalue weighted by molar-refractivity contribution is 7.99. The molecule has 3 aromatic heterocycles. The lowest BCUT2D eigenvalue weighted by molar-refractivity contribution is -0.130. The maximum absolute atomic E-state index is 11.7.